The number of carbonyl (C=O) groups is 2. The molecule has 0 fully saturated rings. The molecule has 9 nitrogen and oxygen atoms in total. The number of carbonyl (C=O) groups excluding carboxylic acids is 2. The highest BCUT2D eigenvalue weighted by Gasteiger charge is 2.16. The summed E-state index contributed by atoms with van der Waals surface area (Å²) in [5.74, 6) is -0.810. The van der Waals surface area contributed by atoms with Gasteiger partial charge in [-0.05, 0) is 37.0 Å². The molecule has 0 saturated carbocycles. The molecule has 1 aromatic carbocycles. The fraction of sp³-hybridized carbons (Fsp3) is 0.417. The van der Waals surface area contributed by atoms with Crippen LogP contribution >= 0.6 is 11.3 Å². The van der Waals surface area contributed by atoms with E-state index in [1.54, 1.807) is 36.3 Å². The van der Waals surface area contributed by atoms with Crippen LogP contribution in [0.1, 0.15) is 53.8 Å². The smallest absolute Gasteiger partial charge is 0.263 e. The van der Waals surface area contributed by atoms with Gasteiger partial charge in [0, 0.05) is 45.0 Å². The Kier molecular flexibility index (Phi) is 10.6. The number of imidazole rings is 1. The Labute approximate surface area is 208 Å². The van der Waals surface area contributed by atoms with Crippen molar-refractivity contribution in [2.24, 2.45) is 0 Å². The van der Waals surface area contributed by atoms with Gasteiger partial charge >= 0.3 is 0 Å². The third-order valence-electron chi connectivity index (χ3n) is 5.42. The topological polar surface area (TPSA) is 112 Å². The molecule has 0 atom stereocenters. The zero-order valence-corrected chi connectivity index (χ0v) is 20.3. The summed E-state index contributed by atoms with van der Waals surface area (Å²) in [5.41, 5.74) is 2.59. The lowest BCUT2D eigenvalue weighted by Gasteiger charge is -2.22. The first-order valence-electron chi connectivity index (χ1n) is 11.7. The Morgan fingerprint density at radius 3 is 2.66 bits per heavy atom. The predicted octanol–water partition coefficient (Wildman–Crippen LogP) is 3.76. The number of hydrogen-bond donors (Lipinski definition) is 3. The van der Waals surface area contributed by atoms with Gasteiger partial charge in [0.2, 0.25) is 5.91 Å². The van der Waals surface area contributed by atoms with Crippen molar-refractivity contribution < 1.29 is 19.2 Å². The number of unbranched alkanes of at least 4 members (excludes halogenated alkanes) is 3. The number of hydrogen-bond acceptors (Lipinski definition) is 7. The predicted molar refractivity (Wildman–Crippen MR) is 132 cm³/mol. The van der Waals surface area contributed by atoms with Gasteiger partial charge in [0.25, 0.3) is 5.91 Å². The normalized spacial score (nSPS) is 10.8. The van der Waals surface area contributed by atoms with Gasteiger partial charge in [-0.25, -0.2) is 19.8 Å². The van der Waals surface area contributed by atoms with Crippen molar-refractivity contribution in [3.8, 4) is 0 Å². The third kappa shape index (κ3) is 9.10. The van der Waals surface area contributed by atoms with Crippen molar-refractivity contribution in [3.63, 3.8) is 0 Å². The highest BCUT2D eigenvalue weighted by Crippen LogP contribution is 2.25. The van der Waals surface area contributed by atoms with Gasteiger partial charge in [0.05, 0.1) is 12.5 Å². The number of halogens is 1. The molecule has 0 spiro atoms. The maximum Gasteiger partial charge on any atom is 0.263 e. The molecule has 2 amide bonds. The van der Waals surface area contributed by atoms with E-state index in [4.69, 9.17) is 5.21 Å². The summed E-state index contributed by atoms with van der Waals surface area (Å²) in [7, 11) is 0. The van der Waals surface area contributed by atoms with Crippen LogP contribution in [0.25, 0.3) is 0 Å². The second kappa shape index (κ2) is 14.2. The Morgan fingerprint density at radius 1 is 1.11 bits per heavy atom. The first-order chi connectivity index (χ1) is 17.0. The lowest BCUT2D eigenvalue weighted by Crippen LogP contribution is -2.24. The first-order valence-corrected chi connectivity index (χ1v) is 12.5. The summed E-state index contributed by atoms with van der Waals surface area (Å²) in [6, 6.07) is 6.36. The van der Waals surface area contributed by atoms with Crippen LogP contribution in [0.15, 0.2) is 49.2 Å². The van der Waals surface area contributed by atoms with E-state index in [2.05, 4.69) is 20.2 Å². The van der Waals surface area contributed by atoms with Crippen molar-refractivity contribution in [1.29, 1.82) is 0 Å². The Balaban J connectivity index is 1.53. The molecule has 2 heterocycles. The maximum absolute atomic E-state index is 13.3. The van der Waals surface area contributed by atoms with Crippen molar-refractivity contribution in [2.75, 3.05) is 18.0 Å². The van der Waals surface area contributed by atoms with Crippen LogP contribution in [-0.2, 0) is 17.9 Å². The number of thiazole rings is 1. The second-order valence-electron chi connectivity index (χ2n) is 8.16. The number of amides is 2. The molecule has 0 aliphatic rings. The molecular formula is C24H31FN6O3S. The molecule has 3 N–H and O–H groups in total. The lowest BCUT2D eigenvalue weighted by molar-refractivity contribution is -0.129. The van der Waals surface area contributed by atoms with Gasteiger partial charge in [-0.2, -0.15) is 0 Å². The van der Waals surface area contributed by atoms with E-state index in [1.165, 1.54) is 23.5 Å². The third-order valence-corrected chi connectivity index (χ3v) is 6.48. The molecule has 0 unspecified atom stereocenters. The number of hydroxylamine groups is 1. The zero-order valence-electron chi connectivity index (χ0n) is 19.5. The minimum Gasteiger partial charge on any atom is -0.351 e. The molecule has 35 heavy (non-hydrogen) atoms. The second-order valence-corrected chi connectivity index (χ2v) is 9.17. The van der Waals surface area contributed by atoms with Gasteiger partial charge in [0.15, 0.2) is 5.13 Å². The van der Waals surface area contributed by atoms with Crippen LogP contribution in [0.3, 0.4) is 0 Å². The quantitative estimate of drug-likeness (QED) is 0.166. The molecule has 3 rings (SSSR count). The Bertz CT molecular complexity index is 1040. The lowest BCUT2D eigenvalue weighted by atomic mass is 10.1. The molecule has 3 aromatic rings. The van der Waals surface area contributed by atoms with Crippen LogP contribution < -0.4 is 15.7 Å². The summed E-state index contributed by atoms with van der Waals surface area (Å²) in [6.07, 6.45) is 11.4. The highest BCUT2D eigenvalue weighted by molar-refractivity contribution is 7.17. The molecule has 0 bridgehead atoms. The van der Waals surface area contributed by atoms with E-state index < -0.39 is 0 Å². The molecule has 0 aliphatic heterocycles. The molecule has 0 saturated heterocycles. The molecule has 0 radical (unpaired) electrons. The van der Waals surface area contributed by atoms with Gasteiger partial charge in [-0.3, -0.25) is 14.8 Å². The number of nitrogens with one attached hydrogen (secondary N) is 2. The van der Waals surface area contributed by atoms with Crippen molar-refractivity contribution in [2.45, 2.75) is 51.6 Å². The minimum absolute atomic E-state index is 0.150. The largest absolute Gasteiger partial charge is 0.351 e. The van der Waals surface area contributed by atoms with E-state index in [0.29, 0.717) is 37.4 Å². The van der Waals surface area contributed by atoms with Crippen LogP contribution in [0, 0.1) is 5.82 Å². The molecule has 188 valence electrons. The summed E-state index contributed by atoms with van der Waals surface area (Å²) in [5, 5.41) is 12.2. The van der Waals surface area contributed by atoms with E-state index in [-0.39, 0.29) is 17.6 Å². The van der Waals surface area contributed by atoms with Crippen LogP contribution in [-0.4, -0.2) is 44.6 Å². The highest BCUT2D eigenvalue weighted by atomic mass is 32.1. The molecule has 2 aromatic heterocycles. The van der Waals surface area contributed by atoms with Gasteiger partial charge in [0.1, 0.15) is 10.7 Å². The van der Waals surface area contributed by atoms with Gasteiger partial charge in [-0.15, -0.1) is 0 Å². The number of anilines is 1. The fourth-order valence-corrected chi connectivity index (χ4v) is 4.39. The van der Waals surface area contributed by atoms with Crippen LogP contribution in [0.4, 0.5) is 9.52 Å². The Morgan fingerprint density at radius 2 is 1.91 bits per heavy atom. The van der Waals surface area contributed by atoms with E-state index in [0.717, 1.165) is 42.9 Å². The van der Waals surface area contributed by atoms with E-state index in [9.17, 15) is 14.0 Å². The number of aryl methyl sites for hydroxylation is 1. The Hall–Kier alpha value is -3.31. The van der Waals surface area contributed by atoms with Crippen molar-refractivity contribution in [3.05, 3.63) is 65.4 Å². The standard InChI is InChI=1S/C24H31FN6O3S/c25-20-9-7-19(8-10-20)17-31(14-4-2-1-3-6-22(32)29-34)24-28-16-21(35-24)23(33)27-11-5-13-30-15-12-26-18-30/h7-10,12,15-16,18,34H,1-6,11,13-14,17H2,(H,27,33)(H,29,32). The monoisotopic (exact) mass is 502 g/mol. The van der Waals surface area contributed by atoms with E-state index >= 15 is 0 Å². The van der Waals surface area contributed by atoms with Crippen LogP contribution in [0.5, 0.6) is 0 Å². The van der Waals surface area contributed by atoms with Gasteiger partial charge < -0.3 is 14.8 Å². The average molecular weight is 503 g/mol. The zero-order chi connectivity index (χ0) is 24.9. The minimum atomic E-state index is -0.377. The number of rotatable bonds is 15. The molecular weight excluding hydrogens is 471 g/mol. The summed E-state index contributed by atoms with van der Waals surface area (Å²) in [4.78, 5) is 34.8. The number of aromatic nitrogens is 3. The van der Waals surface area contributed by atoms with E-state index in [1.807, 2.05) is 10.8 Å². The first kappa shape index (κ1) is 26.3. The molecule has 11 heteroatoms. The van der Waals surface area contributed by atoms with Crippen LogP contribution in [0.2, 0.25) is 0 Å². The summed E-state index contributed by atoms with van der Waals surface area (Å²) < 4.78 is 15.3. The number of nitrogens with zero attached hydrogens (tertiary/aromatic N) is 4. The maximum atomic E-state index is 13.3. The summed E-state index contributed by atoms with van der Waals surface area (Å²) >= 11 is 1.34. The van der Waals surface area contributed by atoms with Crippen molar-refractivity contribution in [1.82, 2.24) is 25.3 Å². The average Bonchev–Trinajstić information content (AvgIpc) is 3.57. The van der Waals surface area contributed by atoms with Crippen molar-refractivity contribution >= 4 is 28.3 Å². The van der Waals surface area contributed by atoms with Gasteiger partial charge in [-0.1, -0.05) is 36.3 Å². The fourth-order valence-electron chi connectivity index (χ4n) is 3.54. The SMILES string of the molecule is O=C(CCCCCCN(Cc1ccc(F)cc1)c1ncc(C(=O)NCCCn2ccnc2)s1)NO. The molecule has 0 aliphatic carbocycles. The number of benzene rings is 1. The summed E-state index contributed by atoms with van der Waals surface area (Å²) in [6.45, 7) is 2.60.